The summed E-state index contributed by atoms with van der Waals surface area (Å²) in [5, 5.41) is 13.5. The number of fused-ring (bicyclic) bond motifs is 1. The zero-order valence-electron chi connectivity index (χ0n) is 16.5. The zero-order valence-corrected chi connectivity index (χ0v) is 17.4. The molecule has 3 rings (SSSR count). The van der Waals surface area contributed by atoms with Crippen molar-refractivity contribution < 1.29 is 23.9 Å². The molecule has 0 unspecified atom stereocenters. The number of aromatic nitrogens is 2. The number of hydrogen-bond acceptors (Lipinski definition) is 9. The summed E-state index contributed by atoms with van der Waals surface area (Å²) in [6, 6.07) is 2.92. The van der Waals surface area contributed by atoms with Gasteiger partial charge in [0.05, 0.1) is 38.3 Å². The summed E-state index contributed by atoms with van der Waals surface area (Å²) in [5.41, 5.74) is -0.610. The minimum atomic E-state index is -0.723. The van der Waals surface area contributed by atoms with E-state index in [1.807, 2.05) is 0 Å². The maximum atomic E-state index is 13.1. The Hall–Kier alpha value is -3.67. The molecule has 1 amide bonds. The van der Waals surface area contributed by atoms with Crippen LogP contribution in [0.3, 0.4) is 0 Å². The average Bonchev–Trinajstić information content (AvgIpc) is 3.20. The van der Waals surface area contributed by atoms with E-state index in [1.54, 1.807) is 11.4 Å². The van der Waals surface area contributed by atoms with Crippen molar-refractivity contribution in [3.05, 3.63) is 49.4 Å². The Balaban J connectivity index is 2.04. The number of hydrogen-bond donors (Lipinski definition) is 1. The molecule has 0 aliphatic heterocycles. The number of carbonyl (C=O) groups is 1. The van der Waals surface area contributed by atoms with Gasteiger partial charge in [-0.3, -0.25) is 19.7 Å². The predicted octanol–water partition coefficient (Wildman–Crippen LogP) is 2.19. The number of H-pyrrole nitrogens is 1. The molecule has 2 aromatic heterocycles. The lowest BCUT2D eigenvalue weighted by Gasteiger charge is -2.19. The Bertz CT molecular complexity index is 1190. The van der Waals surface area contributed by atoms with Gasteiger partial charge in [0.25, 0.3) is 11.5 Å². The van der Waals surface area contributed by atoms with Gasteiger partial charge in [0.1, 0.15) is 16.1 Å². The first-order valence-corrected chi connectivity index (χ1v) is 9.39. The molecule has 158 valence electrons. The highest BCUT2D eigenvalue weighted by atomic mass is 32.1. The van der Waals surface area contributed by atoms with Crippen LogP contribution in [0.2, 0.25) is 0 Å². The molecule has 0 aliphatic carbocycles. The van der Waals surface area contributed by atoms with Crippen LogP contribution in [-0.2, 0) is 6.54 Å². The molecule has 1 N–H and O–H groups in total. The fraction of sp³-hybridized carbons (Fsp3) is 0.278. The maximum Gasteiger partial charge on any atom is 0.327 e. The maximum absolute atomic E-state index is 13.1. The molecule has 0 aliphatic rings. The third-order valence-electron chi connectivity index (χ3n) is 4.31. The van der Waals surface area contributed by atoms with Crippen LogP contribution in [0.1, 0.15) is 16.2 Å². The number of nitro groups is 1. The van der Waals surface area contributed by atoms with Crippen LogP contribution >= 0.6 is 11.3 Å². The summed E-state index contributed by atoms with van der Waals surface area (Å²) in [5.74, 6) is -0.571. The van der Waals surface area contributed by atoms with Crippen LogP contribution in [0, 0.1) is 10.1 Å². The van der Waals surface area contributed by atoms with Gasteiger partial charge in [-0.1, -0.05) is 0 Å². The number of amides is 1. The lowest BCUT2D eigenvalue weighted by molar-refractivity contribution is -0.386. The summed E-state index contributed by atoms with van der Waals surface area (Å²) in [6.07, 6.45) is 0. The molecule has 0 saturated heterocycles. The molecule has 0 atom stereocenters. The van der Waals surface area contributed by atoms with Gasteiger partial charge in [-0.25, -0.2) is 4.98 Å². The van der Waals surface area contributed by atoms with Crippen molar-refractivity contribution in [3.8, 4) is 17.2 Å². The van der Waals surface area contributed by atoms with E-state index in [1.165, 1.54) is 50.7 Å². The monoisotopic (exact) mass is 434 g/mol. The van der Waals surface area contributed by atoms with Crippen LogP contribution < -0.4 is 19.8 Å². The van der Waals surface area contributed by atoms with Gasteiger partial charge < -0.3 is 24.1 Å². The Kier molecular flexibility index (Phi) is 5.87. The van der Waals surface area contributed by atoms with E-state index in [9.17, 15) is 19.7 Å². The van der Waals surface area contributed by atoms with Gasteiger partial charge in [0.2, 0.25) is 11.5 Å². The molecular weight excluding hydrogens is 416 g/mol. The van der Waals surface area contributed by atoms with Gasteiger partial charge >= 0.3 is 5.69 Å². The second-order valence-electron chi connectivity index (χ2n) is 6.11. The number of methoxy groups -OCH3 is 3. The highest BCUT2D eigenvalue weighted by Gasteiger charge is 2.33. The number of nitro benzene ring substituents is 1. The lowest BCUT2D eigenvalue weighted by atomic mass is 10.1. The standard InChI is InChI=1S/C18H18N4O7S/c1-21(8-12-19-10-5-6-30-16(10)17(23)20-12)18(24)9-7-11(27-2)14(28-3)15(29-4)13(9)22(25)26/h5-7H,8H2,1-4H3,(H,19,20,23). The molecule has 0 spiro atoms. The summed E-state index contributed by atoms with van der Waals surface area (Å²) in [6.45, 7) is -0.0757. The van der Waals surface area contributed by atoms with Gasteiger partial charge in [-0.15, -0.1) is 11.3 Å². The Morgan fingerprint density at radius 2 is 1.97 bits per heavy atom. The smallest absolute Gasteiger partial charge is 0.327 e. The van der Waals surface area contributed by atoms with Crippen molar-refractivity contribution in [1.29, 1.82) is 0 Å². The fourth-order valence-corrected chi connectivity index (χ4v) is 3.71. The number of rotatable bonds is 7. The van der Waals surface area contributed by atoms with E-state index in [0.717, 1.165) is 0 Å². The third kappa shape index (κ3) is 3.64. The van der Waals surface area contributed by atoms with Crippen molar-refractivity contribution in [2.24, 2.45) is 0 Å². The Labute approximate surface area is 174 Å². The lowest BCUT2D eigenvalue weighted by Crippen LogP contribution is -2.29. The van der Waals surface area contributed by atoms with Crippen molar-refractivity contribution in [2.45, 2.75) is 6.54 Å². The summed E-state index contributed by atoms with van der Waals surface area (Å²) in [7, 11) is 5.31. The minimum Gasteiger partial charge on any atom is -0.493 e. The topological polar surface area (TPSA) is 137 Å². The number of thiophene rings is 1. The van der Waals surface area contributed by atoms with E-state index in [4.69, 9.17) is 14.2 Å². The highest BCUT2D eigenvalue weighted by molar-refractivity contribution is 7.17. The number of nitrogens with one attached hydrogen (secondary N) is 1. The molecule has 0 saturated carbocycles. The molecule has 0 bridgehead atoms. The van der Waals surface area contributed by atoms with Gasteiger partial charge in [0.15, 0.2) is 5.75 Å². The van der Waals surface area contributed by atoms with Crippen LogP contribution in [0.15, 0.2) is 22.3 Å². The zero-order chi connectivity index (χ0) is 22.0. The normalized spacial score (nSPS) is 10.7. The van der Waals surface area contributed by atoms with Crippen molar-refractivity contribution in [1.82, 2.24) is 14.9 Å². The molecule has 1 aromatic carbocycles. The largest absolute Gasteiger partial charge is 0.493 e. The number of benzene rings is 1. The van der Waals surface area contributed by atoms with Crippen LogP contribution in [0.4, 0.5) is 5.69 Å². The SMILES string of the molecule is COc1cc(C(=O)N(C)Cc2nc3ccsc3c(=O)[nH]2)c([N+](=O)[O-])c(OC)c1OC. The molecule has 3 aromatic rings. The fourth-order valence-electron chi connectivity index (χ4n) is 2.98. The number of carbonyl (C=O) groups excluding carboxylic acids is 1. The summed E-state index contributed by atoms with van der Waals surface area (Å²) in [4.78, 5) is 44.3. The van der Waals surface area contributed by atoms with E-state index in [-0.39, 0.29) is 40.7 Å². The molecular formula is C18H18N4O7S. The molecule has 0 fully saturated rings. The van der Waals surface area contributed by atoms with Gasteiger partial charge in [-0.05, 0) is 11.4 Å². The van der Waals surface area contributed by atoms with E-state index in [0.29, 0.717) is 10.2 Å². The van der Waals surface area contributed by atoms with Crippen LogP contribution in [0.25, 0.3) is 10.2 Å². The van der Waals surface area contributed by atoms with Crippen molar-refractivity contribution >= 4 is 33.1 Å². The van der Waals surface area contributed by atoms with E-state index in [2.05, 4.69) is 9.97 Å². The van der Waals surface area contributed by atoms with E-state index >= 15 is 0 Å². The van der Waals surface area contributed by atoms with Crippen molar-refractivity contribution in [3.63, 3.8) is 0 Å². The summed E-state index contributed by atoms with van der Waals surface area (Å²) < 4.78 is 16.0. The number of nitrogens with zero attached hydrogens (tertiary/aromatic N) is 3. The predicted molar refractivity (Wildman–Crippen MR) is 109 cm³/mol. The van der Waals surface area contributed by atoms with E-state index < -0.39 is 16.5 Å². The Morgan fingerprint density at radius 3 is 2.57 bits per heavy atom. The Morgan fingerprint density at radius 1 is 1.27 bits per heavy atom. The average molecular weight is 434 g/mol. The van der Waals surface area contributed by atoms with Gasteiger partial charge in [0, 0.05) is 13.1 Å². The van der Waals surface area contributed by atoms with Gasteiger partial charge in [-0.2, -0.15) is 0 Å². The highest BCUT2D eigenvalue weighted by Crippen LogP contribution is 2.46. The van der Waals surface area contributed by atoms with Crippen LogP contribution in [0.5, 0.6) is 17.2 Å². The van der Waals surface area contributed by atoms with Crippen LogP contribution in [-0.4, -0.2) is 54.1 Å². The minimum absolute atomic E-state index is 0.000177. The molecule has 2 heterocycles. The second kappa shape index (κ2) is 8.37. The number of aromatic amines is 1. The number of ether oxygens (including phenoxy) is 3. The molecule has 0 radical (unpaired) electrons. The summed E-state index contributed by atoms with van der Waals surface area (Å²) >= 11 is 1.26. The first-order chi connectivity index (χ1) is 14.3. The quantitative estimate of drug-likeness (QED) is 0.441. The molecule has 30 heavy (non-hydrogen) atoms. The first-order valence-electron chi connectivity index (χ1n) is 8.51. The third-order valence-corrected chi connectivity index (χ3v) is 5.22. The molecule has 11 nitrogen and oxygen atoms in total. The second-order valence-corrected chi connectivity index (χ2v) is 7.02. The molecule has 12 heteroatoms. The van der Waals surface area contributed by atoms with Crippen molar-refractivity contribution in [2.75, 3.05) is 28.4 Å². The first kappa shape index (κ1) is 21.0.